The number of hydrogen-bond acceptors (Lipinski definition) is 5. The molecule has 8 heteroatoms. The predicted molar refractivity (Wildman–Crippen MR) is 151 cm³/mol. The fraction of sp³-hybridized carbons (Fsp3) is 0.345. The topological polar surface area (TPSA) is 69.7 Å². The number of sulfonamides is 1. The lowest BCUT2D eigenvalue weighted by Gasteiger charge is -2.26. The van der Waals surface area contributed by atoms with Crippen molar-refractivity contribution >= 4 is 33.4 Å². The molecule has 196 valence electrons. The number of anilines is 1. The van der Waals surface area contributed by atoms with Crippen molar-refractivity contribution in [2.24, 2.45) is 0 Å². The Hall–Kier alpha value is -2.81. The highest BCUT2D eigenvalue weighted by Crippen LogP contribution is 2.26. The molecule has 0 atom stereocenters. The zero-order chi connectivity index (χ0) is 26.3. The normalized spacial score (nSPS) is 14.3. The van der Waals surface area contributed by atoms with Crippen LogP contribution in [0.2, 0.25) is 0 Å². The van der Waals surface area contributed by atoms with Crippen molar-refractivity contribution in [3.8, 4) is 0 Å². The zero-order valence-corrected chi connectivity index (χ0v) is 23.2. The van der Waals surface area contributed by atoms with Gasteiger partial charge >= 0.3 is 0 Å². The van der Waals surface area contributed by atoms with E-state index in [0.717, 1.165) is 35.7 Å². The highest BCUT2D eigenvalue weighted by atomic mass is 32.2. The molecule has 0 bridgehead atoms. The largest absolute Gasteiger partial charge is 0.350 e. The molecule has 1 N–H and O–H groups in total. The molecule has 37 heavy (non-hydrogen) atoms. The molecule has 0 aromatic heterocycles. The molecule has 1 aliphatic rings. The molecule has 1 saturated heterocycles. The number of amides is 1. The molecule has 0 unspecified atom stereocenters. The van der Waals surface area contributed by atoms with Gasteiger partial charge in [-0.1, -0.05) is 48.4 Å². The van der Waals surface area contributed by atoms with Crippen LogP contribution in [0.15, 0.2) is 82.6 Å². The van der Waals surface area contributed by atoms with E-state index in [4.69, 9.17) is 0 Å². The minimum atomic E-state index is -3.94. The van der Waals surface area contributed by atoms with Gasteiger partial charge in [-0.3, -0.25) is 14.0 Å². The molecule has 6 nitrogen and oxygen atoms in total. The fourth-order valence-corrected chi connectivity index (χ4v) is 6.33. The number of aryl methyl sites for hydroxylation is 1. The Kier molecular flexibility index (Phi) is 9.29. The summed E-state index contributed by atoms with van der Waals surface area (Å²) in [5.74, 6) is -0.355. The smallest absolute Gasteiger partial charge is 0.264 e. The first kappa shape index (κ1) is 27.2. The summed E-state index contributed by atoms with van der Waals surface area (Å²) in [7, 11) is -3.94. The number of nitrogens with one attached hydrogen (secondary N) is 1. The second kappa shape index (κ2) is 12.6. The van der Waals surface area contributed by atoms with Crippen LogP contribution in [-0.2, 0) is 27.9 Å². The number of carbonyl (C=O) groups is 1. The molecule has 1 amide bonds. The highest BCUT2D eigenvalue weighted by molar-refractivity contribution is 7.98. The number of piperidine rings is 1. The maximum absolute atomic E-state index is 13.6. The summed E-state index contributed by atoms with van der Waals surface area (Å²) < 4.78 is 28.4. The molecule has 0 aliphatic carbocycles. The van der Waals surface area contributed by atoms with Gasteiger partial charge in [0.1, 0.15) is 6.54 Å². The van der Waals surface area contributed by atoms with Crippen molar-refractivity contribution in [1.82, 2.24) is 10.2 Å². The molecule has 3 aromatic rings. The summed E-state index contributed by atoms with van der Waals surface area (Å²) in [4.78, 5) is 16.6. The Morgan fingerprint density at radius 1 is 0.946 bits per heavy atom. The Labute approximate surface area is 225 Å². The number of benzene rings is 3. The van der Waals surface area contributed by atoms with Gasteiger partial charge in [0.2, 0.25) is 5.91 Å². The summed E-state index contributed by atoms with van der Waals surface area (Å²) in [5.41, 5.74) is 3.70. The van der Waals surface area contributed by atoms with Gasteiger partial charge in [-0.05, 0) is 86.6 Å². The van der Waals surface area contributed by atoms with Gasteiger partial charge in [0, 0.05) is 18.0 Å². The molecule has 0 saturated carbocycles. The first-order chi connectivity index (χ1) is 17.8. The van der Waals surface area contributed by atoms with E-state index in [0.29, 0.717) is 12.2 Å². The van der Waals surface area contributed by atoms with Crippen molar-refractivity contribution in [2.45, 2.75) is 49.1 Å². The summed E-state index contributed by atoms with van der Waals surface area (Å²) in [6.07, 6.45) is 5.74. The van der Waals surface area contributed by atoms with Gasteiger partial charge in [-0.25, -0.2) is 8.42 Å². The van der Waals surface area contributed by atoms with Gasteiger partial charge in [-0.2, -0.15) is 0 Å². The van der Waals surface area contributed by atoms with Crippen LogP contribution in [0.1, 0.15) is 36.0 Å². The lowest BCUT2D eigenvalue weighted by molar-refractivity contribution is -0.119. The van der Waals surface area contributed by atoms with Gasteiger partial charge in [0.25, 0.3) is 10.0 Å². The van der Waals surface area contributed by atoms with Crippen molar-refractivity contribution in [1.29, 1.82) is 0 Å². The van der Waals surface area contributed by atoms with Crippen LogP contribution in [0.3, 0.4) is 0 Å². The van der Waals surface area contributed by atoms with E-state index in [-0.39, 0.29) is 17.3 Å². The molecular formula is C29H35N3O3S2. The molecule has 1 fully saturated rings. The summed E-state index contributed by atoms with van der Waals surface area (Å²) in [5, 5.41) is 2.92. The van der Waals surface area contributed by atoms with Gasteiger partial charge in [0.05, 0.1) is 10.6 Å². The second-order valence-electron chi connectivity index (χ2n) is 9.46. The van der Waals surface area contributed by atoms with Crippen LogP contribution < -0.4 is 9.62 Å². The summed E-state index contributed by atoms with van der Waals surface area (Å²) in [6.45, 7) is 5.15. The third kappa shape index (κ3) is 7.37. The van der Waals surface area contributed by atoms with Crippen LogP contribution >= 0.6 is 11.8 Å². The third-order valence-corrected chi connectivity index (χ3v) is 9.12. The van der Waals surface area contributed by atoms with E-state index in [1.807, 2.05) is 37.4 Å². The minimum absolute atomic E-state index is 0.157. The first-order valence-electron chi connectivity index (χ1n) is 12.7. The van der Waals surface area contributed by atoms with Crippen LogP contribution in [0.25, 0.3) is 0 Å². The number of likely N-dealkylation sites (tertiary alicyclic amines) is 1. The first-order valence-corrected chi connectivity index (χ1v) is 15.3. The number of hydrogen-bond donors (Lipinski definition) is 1. The Morgan fingerprint density at radius 3 is 2.30 bits per heavy atom. The van der Waals surface area contributed by atoms with E-state index in [1.54, 1.807) is 48.2 Å². The maximum Gasteiger partial charge on any atom is 0.264 e. The van der Waals surface area contributed by atoms with E-state index >= 15 is 0 Å². The van der Waals surface area contributed by atoms with E-state index < -0.39 is 10.0 Å². The molecule has 0 spiro atoms. The lowest BCUT2D eigenvalue weighted by atomic mass is 10.1. The van der Waals surface area contributed by atoms with Gasteiger partial charge in [-0.15, -0.1) is 11.8 Å². The van der Waals surface area contributed by atoms with Crippen molar-refractivity contribution in [2.75, 3.05) is 30.2 Å². The molecule has 3 aromatic carbocycles. The third-order valence-electron chi connectivity index (χ3n) is 6.59. The second-order valence-corrected chi connectivity index (χ2v) is 12.2. The number of nitrogens with zero attached hydrogens (tertiary/aromatic N) is 2. The Bertz CT molecular complexity index is 1290. The van der Waals surface area contributed by atoms with Crippen molar-refractivity contribution in [3.63, 3.8) is 0 Å². The van der Waals surface area contributed by atoms with Crippen LogP contribution in [0.4, 0.5) is 5.69 Å². The predicted octanol–water partition coefficient (Wildman–Crippen LogP) is 5.21. The summed E-state index contributed by atoms with van der Waals surface area (Å²) in [6, 6.07) is 22.2. The quantitative estimate of drug-likeness (QED) is 0.360. The van der Waals surface area contributed by atoms with E-state index in [2.05, 4.69) is 22.3 Å². The minimum Gasteiger partial charge on any atom is -0.350 e. The zero-order valence-electron chi connectivity index (χ0n) is 21.5. The number of rotatable bonds is 10. The number of thioether (sulfide) groups is 1. The van der Waals surface area contributed by atoms with Gasteiger partial charge in [0.15, 0.2) is 0 Å². The van der Waals surface area contributed by atoms with Crippen LogP contribution in [-0.4, -0.2) is 45.1 Å². The van der Waals surface area contributed by atoms with Crippen molar-refractivity contribution in [3.05, 3.63) is 89.5 Å². The average Bonchev–Trinajstić information content (AvgIpc) is 2.92. The lowest BCUT2D eigenvalue weighted by Crippen LogP contribution is -2.40. The molecule has 1 aliphatic heterocycles. The maximum atomic E-state index is 13.6. The molecule has 1 heterocycles. The molecule has 4 rings (SSSR count). The van der Waals surface area contributed by atoms with Gasteiger partial charge < -0.3 is 5.32 Å². The van der Waals surface area contributed by atoms with Crippen LogP contribution in [0, 0.1) is 6.92 Å². The molecular weight excluding hydrogens is 502 g/mol. The average molecular weight is 538 g/mol. The highest BCUT2D eigenvalue weighted by Gasteiger charge is 2.27. The van der Waals surface area contributed by atoms with E-state index in [9.17, 15) is 13.2 Å². The SMILES string of the molecule is CSc1ccc(S(=O)(=O)N(CC(=O)NCc2cccc(CN3CCCCC3)c2)c2ccc(C)cc2)cc1. The monoisotopic (exact) mass is 537 g/mol. The van der Waals surface area contributed by atoms with E-state index in [1.165, 1.54) is 29.1 Å². The summed E-state index contributed by atoms with van der Waals surface area (Å²) >= 11 is 1.54. The van der Waals surface area contributed by atoms with Crippen molar-refractivity contribution < 1.29 is 13.2 Å². The Morgan fingerprint density at radius 2 is 1.62 bits per heavy atom. The van der Waals surface area contributed by atoms with Crippen LogP contribution in [0.5, 0.6) is 0 Å². The molecule has 0 radical (unpaired) electrons. The Balaban J connectivity index is 1.46. The fourth-order valence-electron chi connectivity index (χ4n) is 4.50. The standard InChI is InChI=1S/C29H35N3O3S2/c1-23-9-11-26(12-10-23)32(37(34,35)28-15-13-27(36-2)14-16-28)22-29(33)30-20-24-7-6-8-25(19-24)21-31-17-4-3-5-18-31/h6-16,19H,3-5,17-18,20-22H2,1-2H3,(H,30,33). The number of carbonyl (C=O) groups excluding carboxylic acids is 1.